The molecule has 0 radical (unpaired) electrons. The molecule has 0 amide bonds. The lowest BCUT2D eigenvalue weighted by Gasteiger charge is -2.12. The van der Waals surface area contributed by atoms with Gasteiger partial charge in [-0.05, 0) is 59.1 Å². The van der Waals surface area contributed by atoms with Gasteiger partial charge in [-0.15, -0.1) is 0 Å². The molecule has 0 spiro atoms. The zero-order valence-electron chi connectivity index (χ0n) is 11.1. The van der Waals surface area contributed by atoms with E-state index in [1.54, 1.807) is 11.8 Å². The lowest BCUT2D eigenvalue weighted by molar-refractivity contribution is 0.651. The fourth-order valence-electron chi connectivity index (χ4n) is 1.55. The van der Waals surface area contributed by atoms with E-state index < -0.39 is 0 Å². The standard InChI is InChI=1S/C13H16BrN3S2/c1-4-12-16-13(19-17-12)18-11-6-5-9(7-10(11)14)8(2)15-3/h5-8,15H,4H2,1-3H3. The molecule has 0 aliphatic heterocycles. The molecule has 0 aliphatic rings. The van der Waals surface area contributed by atoms with Gasteiger partial charge in [-0.3, -0.25) is 0 Å². The maximum Gasteiger partial charge on any atom is 0.174 e. The molecule has 1 N–H and O–H groups in total. The van der Waals surface area contributed by atoms with Crippen molar-refractivity contribution in [2.24, 2.45) is 0 Å². The molecular formula is C13H16BrN3S2. The summed E-state index contributed by atoms with van der Waals surface area (Å²) in [6.07, 6.45) is 0.886. The van der Waals surface area contributed by atoms with Gasteiger partial charge in [0.2, 0.25) is 0 Å². The second-order valence-corrected chi connectivity index (χ2v) is 7.03. The van der Waals surface area contributed by atoms with Crippen molar-refractivity contribution < 1.29 is 0 Å². The normalized spacial score (nSPS) is 12.6. The van der Waals surface area contributed by atoms with Crippen LogP contribution in [0.15, 0.2) is 31.9 Å². The molecule has 0 saturated carbocycles. The summed E-state index contributed by atoms with van der Waals surface area (Å²) in [4.78, 5) is 5.65. The molecule has 3 nitrogen and oxygen atoms in total. The summed E-state index contributed by atoms with van der Waals surface area (Å²) >= 11 is 6.75. The third-order valence-corrected chi connectivity index (χ3v) is 5.64. The van der Waals surface area contributed by atoms with Crippen LogP contribution in [0.5, 0.6) is 0 Å². The Labute approximate surface area is 130 Å². The average molecular weight is 358 g/mol. The maximum atomic E-state index is 4.48. The van der Waals surface area contributed by atoms with E-state index in [-0.39, 0.29) is 0 Å². The van der Waals surface area contributed by atoms with E-state index >= 15 is 0 Å². The Bertz CT molecular complexity index is 557. The fourth-order valence-corrected chi connectivity index (χ4v) is 3.85. The van der Waals surface area contributed by atoms with Crippen LogP contribution in [0.3, 0.4) is 0 Å². The minimum Gasteiger partial charge on any atom is -0.313 e. The van der Waals surface area contributed by atoms with Gasteiger partial charge < -0.3 is 5.32 Å². The van der Waals surface area contributed by atoms with Crippen LogP contribution in [0.25, 0.3) is 0 Å². The highest BCUT2D eigenvalue weighted by atomic mass is 79.9. The first-order chi connectivity index (χ1) is 9.13. The Morgan fingerprint density at radius 2 is 2.26 bits per heavy atom. The average Bonchev–Trinajstić information content (AvgIpc) is 2.88. The number of rotatable bonds is 5. The molecule has 1 aromatic heterocycles. The zero-order valence-corrected chi connectivity index (χ0v) is 14.3. The van der Waals surface area contributed by atoms with Crippen LogP contribution in [-0.2, 0) is 6.42 Å². The van der Waals surface area contributed by atoms with Gasteiger partial charge in [0.15, 0.2) is 4.34 Å². The van der Waals surface area contributed by atoms with Gasteiger partial charge in [0.25, 0.3) is 0 Å². The zero-order chi connectivity index (χ0) is 13.8. The van der Waals surface area contributed by atoms with Crippen molar-refractivity contribution in [2.75, 3.05) is 7.05 Å². The van der Waals surface area contributed by atoms with E-state index in [0.29, 0.717) is 6.04 Å². The van der Waals surface area contributed by atoms with Crippen LogP contribution < -0.4 is 5.32 Å². The van der Waals surface area contributed by atoms with Crippen molar-refractivity contribution in [3.05, 3.63) is 34.1 Å². The van der Waals surface area contributed by atoms with Crippen molar-refractivity contribution >= 4 is 39.2 Å². The first-order valence-corrected chi connectivity index (χ1v) is 8.49. The van der Waals surface area contributed by atoms with Crippen molar-refractivity contribution in [1.82, 2.24) is 14.7 Å². The molecule has 0 bridgehead atoms. The largest absolute Gasteiger partial charge is 0.313 e. The molecule has 0 saturated heterocycles. The monoisotopic (exact) mass is 357 g/mol. The van der Waals surface area contributed by atoms with Gasteiger partial charge in [-0.2, -0.15) is 4.37 Å². The Balaban J connectivity index is 2.17. The van der Waals surface area contributed by atoms with Crippen molar-refractivity contribution in [2.45, 2.75) is 35.5 Å². The summed E-state index contributed by atoms with van der Waals surface area (Å²) in [6.45, 7) is 4.22. The third kappa shape index (κ3) is 3.78. The smallest absolute Gasteiger partial charge is 0.174 e. The third-order valence-electron chi connectivity index (χ3n) is 2.85. The van der Waals surface area contributed by atoms with Crippen LogP contribution in [0.4, 0.5) is 0 Å². The molecule has 1 aromatic carbocycles. The van der Waals surface area contributed by atoms with Crippen LogP contribution in [-0.4, -0.2) is 16.4 Å². The van der Waals surface area contributed by atoms with Gasteiger partial charge >= 0.3 is 0 Å². The highest BCUT2D eigenvalue weighted by Crippen LogP contribution is 2.35. The second kappa shape index (κ2) is 6.83. The first-order valence-electron chi connectivity index (χ1n) is 6.11. The van der Waals surface area contributed by atoms with Gasteiger partial charge in [-0.1, -0.05) is 24.8 Å². The Kier molecular flexibility index (Phi) is 5.38. The van der Waals surface area contributed by atoms with Gasteiger partial charge in [0.1, 0.15) is 5.82 Å². The minimum atomic E-state index is 0.351. The summed E-state index contributed by atoms with van der Waals surface area (Å²) in [6, 6.07) is 6.79. The summed E-state index contributed by atoms with van der Waals surface area (Å²) < 4.78 is 6.40. The van der Waals surface area contributed by atoms with E-state index in [4.69, 9.17) is 0 Å². The molecule has 0 aliphatic carbocycles. The van der Waals surface area contributed by atoms with Crippen LogP contribution >= 0.6 is 39.2 Å². The van der Waals surface area contributed by atoms with Crippen molar-refractivity contribution in [3.63, 3.8) is 0 Å². The molecular weight excluding hydrogens is 342 g/mol. The highest BCUT2D eigenvalue weighted by molar-refractivity contribution is 9.10. The van der Waals surface area contributed by atoms with Gasteiger partial charge in [0.05, 0.1) is 0 Å². The number of hydrogen-bond donors (Lipinski definition) is 1. The molecule has 0 fully saturated rings. The molecule has 102 valence electrons. The van der Waals surface area contributed by atoms with Crippen LogP contribution in [0.2, 0.25) is 0 Å². The Hall–Kier alpha value is -0.430. The molecule has 6 heteroatoms. The SMILES string of the molecule is CCc1nsc(Sc2ccc(C(C)NC)cc2Br)n1. The van der Waals surface area contributed by atoms with Crippen LogP contribution in [0.1, 0.15) is 31.3 Å². The number of hydrogen-bond acceptors (Lipinski definition) is 5. The van der Waals surface area contributed by atoms with Crippen molar-refractivity contribution in [1.29, 1.82) is 0 Å². The molecule has 2 rings (SSSR count). The van der Waals surface area contributed by atoms with E-state index in [2.05, 4.69) is 62.7 Å². The summed E-state index contributed by atoms with van der Waals surface area (Å²) in [5.41, 5.74) is 1.27. The van der Waals surface area contributed by atoms with E-state index in [1.807, 2.05) is 7.05 Å². The number of halogens is 1. The molecule has 1 atom stereocenters. The number of aromatic nitrogens is 2. The van der Waals surface area contributed by atoms with E-state index in [1.165, 1.54) is 22.0 Å². The number of aryl methyl sites for hydroxylation is 1. The number of benzene rings is 1. The lowest BCUT2D eigenvalue weighted by atomic mass is 10.1. The summed E-state index contributed by atoms with van der Waals surface area (Å²) in [7, 11) is 1.97. The number of nitrogens with zero attached hydrogens (tertiary/aromatic N) is 2. The summed E-state index contributed by atoms with van der Waals surface area (Å²) in [5.74, 6) is 0.920. The lowest BCUT2D eigenvalue weighted by Crippen LogP contribution is -2.12. The van der Waals surface area contributed by atoms with E-state index in [9.17, 15) is 0 Å². The molecule has 1 heterocycles. The van der Waals surface area contributed by atoms with E-state index in [0.717, 1.165) is 21.1 Å². The highest BCUT2D eigenvalue weighted by Gasteiger charge is 2.10. The molecule has 2 aromatic rings. The van der Waals surface area contributed by atoms with Gasteiger partial charge in [0, 0.05) is 21.8 Å². The number of nitrogens with one attached hydrogen (secondary N) is 1. The Morgan fingerprint density at radius 1 is 1.47 bits per heavy atom. The predicted octanol–water partition coefficient (Wildman–Crippen LogP) is 4.29. The predicted molar refractivity (Wildman–Crippen MR) is 85.0 cm³/mol. The van der Waals surface area contributed by atoms with Gasteiger partial charge in [-0.25, -0.2) is 4.98 Å². The topological polar surface area (TPSA) is 37.8 Å². The first kappa shape index (κ1) is 15.0. The van der Waals surface area contributed by atoms with Crippen molar-refractivity contribution in [3.8, 4) is 0 Å². The molecule has 19 heavy (non-hydrogen) atoms. The Morgan fingerprint density at radius 3 is 2.84 bits per heavy atom. The maximum absolute atomic E-state index is 4.48. The molecule has 1 unspecified atom stereocenters. The minimum absolute atomic E-state index is 0.351. The quantitative estimate of drug-likeness (QED) is 0.865. The summed E-state index contributed by atoms with van der Waals surface area (Å²) in [5, 5.41) is 3.24. The second-order valence-electron chi connectivity index (χ2n) is 4.13. The van der Waals surface area contributed by atoms with Crippen LogP contribution in [0, 0.1) is 0 Å². The fraction of sp³-hybridized carbons (Fsp3) is 0.385.